The van der Waals surface area contributed by atoms with E-state index in [1.54, 1.807) is 35.4 Å². The lowest BCUT2D eigenvalue weighted by molar-refractivity contribution is 0.474. The first-order chi connectivity index (χ1) is 11.3. The number of phenols is 1. The minimum Gasteiger partial charge on any atom is -0.508 e. The first kappa shape index (κ1) is 13.4. The van der Waals surface area contributed by atoms with Gasteiger partial charge in [-0.25, -0.2) is 9.97 Å². The maximum Gasteiger partial charge on any atom is 0.178 e. The summed E-state index contributed by atoms with van der Waals surface area (Å²) in [5, 5.41) is 13.9. The Morgan fingerprint density at radius 2 is 2.00 bits per heavy atom. The van der Waals surface area contributed by atoms with E-state index in [0.717, 1.165) is 22.3 Å². The first-order valence-electron chi connectivity index (χ1n) is 7.16. The molecule has 0 saturated carbocycles. The minimum atomic E-state index is 0.251. The number of pyridine rings is 1. The van der Waals surface area contributed by atoms with Gasteiger partial charge in [-0.2, -0.15) is 5.10 Å². The van der Waals surface area contributed by atoms with E-state index in [1.165, 1.54) is 0 Å². The molecular formula is C17H13N5O. The van der Waals surface area contributed by atoms with Gasteiger partial charge in [0.2, 0.25) is 0 Å². The van der Waals surface area contributed by atoms with E-state index in [-0.39, 0.29) is 5.75 Å². The van der Waals surface area contributed by atoms with Crippen LogP contribution in [-0.4, -0.2) is 29.8 Å². The van der Waals surface area contributed by atoms with Gasteiger partial charge in [0.1, 0.15) is 11.3 Å². The molecule has 0 radical (unpaired) electrons. The van der Waals surface area contributed by atoms with Gasteiger partial charge in [0.15, 0.2) is 5.65 Å². The van der Waals surface area contributed by atoms with Gasteiger partial charge in [-0.15, -0.1) is 0 Å². The Bertz CT molecular complexity index is 979. The van der Waals surface area contributed by atoms with Crippen molar-refractivity contribution < 1.29 is 5.11 Å². The molecule has 112 valence electrons. The van der Waals surface area contributed by atoms with Gasteiger partial charge >= 0.3 is 0 Å². The lowest BCUT2D eigenvalue weighted by atomic mass is 10.2. The zero-order valence-electron chi connectivity index (χ0n) is 12.2. The van der Waals surface area contributed by atoms with Crippen LogP contribution in [0.2, 0.25) is 0 Å². The van der Waals surface area contributed by atoms with Gasteiger partial charge < -0.3 is 5.11 Å². The fourth-order valence-electron chi connectivity index (χ4n) is 2.41. The molecule has 0 saturated heterocycles. The standard InChI is InChI=1S/C17H13N5O/c23-14-4-1-3-12(7-14)10-22-11-13(8-20-22)16-9-19-15-5-2-6-18-17(15)21-16/h1-9,11,23H,10H2. The predicted octanol–water partition coefficient (Wildman–Crippen LogP) is 2.64. The molecule has 0 unspecified atom stereocenters. The van der Waals surface area contributed by atoms with Crippen molar-refractivity contribution in [3.63, 3.8) is 0 Å². The maximum atomic E-state index is 9.52. The second kappa shape index (κ2) is 5.49. The molecule has 0 atom stereocenters. The van der Waals surface area contributed by atoms with Crippen LogP contribution in [0.3, 0.4) is 0 Å². The third-order valence-corrected chi connectivity index (χ3v) is 3.50. The van der Waals surface area contributed by atoms with Crippen LogP contribution < -0.4 is 0 Å². The van der Waals surface area contributed by atoms with Gasteiger partial charge in [0.25, 0.3) is 0 Å². The fourth-order valence-corrected chi connectivity index (χ4v) is 2.41. The summed E-state index contributed by atoms with van der Waals surface area (Å²) in [6.07, 6.45) is 7.08. The summed E-state index contributed by atoms with van der Waals surface area (Å²) >= 11 is 0. The van der Waals surface area contributed by atoms with E-state index in [2.05, 4.69) is 20.1 Å². The molecule has 6 nitrogen and oxygen atoms in total. The quantitative estimate of drug-likeness (QED) is 0.629. The monoisotopic (exact) mass is 303 g/mol. The Balaban J connectivity index is 1.63. The maximum absolute atomic E-state index is 9.52. The molecule has 0 aliphatic rings. The van der Waals surface area contributed by atoms with Crippen LogP contribution in [0.4, 0.5) is 0 Å². The normalized spacial score (nSPS) is 11.0. The Labute approximate surface area is 132 Å². The minimum absolute atomic E-state index is 0.251. The summed E-state index contributed by atoms with van der Waals surface area (Å²) in [6, 6.07) is 10.8. The van der Waals surface area contributed by atoms with Crippen molar-refractivity contribution >= 4 is 11.2 Å². The largest absolute Gasteiger partial charge is 0.508 e. The van der Waals surface area contributed by atoms with Gasteiger partial charge in [0.05, 0.1) is 24.6 Å². The van der Waals surface area contributed by atoms with Crippen molar-refractivity contribution in [1.29, 1.82) is 0 Å². The molecule has 0 amide bonds. The number of aromatic hydroxyl groups is 1. The molecule has 3 heterocycles. The smallest absolute Gasteiger partial charge is 0.178 e. The van der Waals surface area contributed by atoms with Crippen molar-refractivity contribution in [2.24, 2.45) is 0 Å². The van der Waals surface area contributed by atoms with E-state index < -0.39 is 0 Å². The van der Waals surface area contributed by atoms with Gasteiger partial charge in [-0.05, 0) is 29.8 Å². The SMILES string of the molecule is Oc1cccc(Cn2cc(-c3cnc4cccnc4n3)cn2)c1. The average molecular weight is 303 g/mol. The second-order valence-electron chi connectivity index (χ2n) is 5.20. The van der Waals surface area contributed by atoms with Gasteiger partial charge in [-0.1, -0.05) is 12.1 Å². The summed E-state index contributed by atoms with van der Waals surface area (Å²) in [4.78, 5) is 13.1. The molecule has 0 aliphatic carbocycles. The van der Waals surface area contributed by atoms with Crippen LogP contribution in [0, 0.1) is 0 Å². The van der Waals surface area contributed by atoms with E-state index in [1.807, 2.05) is 30.5 Å². The summed E-state index contributed by atoms with van der Waals surface area (Å²) in [7, 11) is 0. The molecule has 4 aromatic rings. The second-order valence-corrected chi connectivity index (χ2v) is 5.20. The Morgan fingerprint density at radius 1 is 1.04 bits per heavy atom. The topological polar surface area (TPSA) is 76.7 Å². The molecule has 0 bridgehead atoms. The number of fused-ring (bicyclic) bond motifs is 1. The van der Waals surface area contributed by atoms with E-state index in [0.29, 0.717) is 12.2 Å². The first-order valence-corrected chi connectivity index (χ1v) is 7.16. The molecule has 1 N–H and O–H groups in total. The molecule has 1 aromatic carbocycles. The van der Waals surface area contributed by atoms with E-state index >= 15 is 0 Å². The number of hydrogen-bond acceptors (Lipinski definition) is 5. The lowest BCUT2D eigenvalue weighted by Crippen LogP contribution is -1.99. The van der Waals surface area contributed by atoms with Crippen LogP contribution in [0.1, 0.15) is 5.56 Å². The third kappa shape index (κ3) is 2.74. The number of aromatic nitrogens is 5. The number of nitrogens with zero attached hydrogens (tertiary/aromatic N) is 5. The summed E-state index contributed by atoms with van der Waals surface area (Å²) in [5.74, 6) is 0.251. The molecule has 6 heteroatoms. The number of rotatable bonds is 3. The lowest BCUT2D eigenvalue weighted by Gasteiger charge is -2.02. The molecule has 0 fully saturated rings. The van der Waals surface area contributed by atoms with Crippen molar-refractivity contribution in [3.8, 4) is 17.0 Å². The highest BCUT2D eigenvalue weighted by Crippen LogP contribution is 2.18. The van der Waals surface area contributed by atoms with Crippen molar-refractivity contribution in [3.05, 3.63) is 66.7 Å². The average Bonchev–Trinajstić information content (AvgIpc) is 3.03. The Hall–Kier alpha value is -3.28. The fraction of sp³-hybridized carbons (Fsp3) is 0.0588. The highest BCUT2D eigenvalue weighted by Gasteiger charge is 2.06. The van der Waals surface area contributed by atoms with Crippen LogP contribution in [0.25, 0.3) is 22.4 Å². The van der Waals surface area contributed by atoms with Crippen LogP contribution in [0.15, 0.2) is 61.2 Å². The van der Waals surface area contributed by atoms with Crippen molar-refractivity contribution in [2.45, 2.75) is 6.54 Å². The third-order valence-electron chi connectivity index (χ3n) is 3.50. The molecule has 3 aromatic heterocycles. The zero-order chi connectivity index (χ0) is 15.6. The Kier molecular flexibility index (Phi) is 3.20. The molecular weight excluding hydrogens is 290 g/mol. The molecule has 0 aliphatic heterocycles. The van der Waals surface area contributed by atoms with E-state index in [4.69, 9.17) is 0 Å². The summed E-state index contributed by atoms with van der Waals surface area (Å²) < 4.78 is 1.80. The number of hydrogen-bond donors (Lipinski definition) is 1. The molecule has 4 rings (SSSR count). The number of benzene rings is 1. The summed E-state index contributed by atoms with van der Waals surface area (Å²) in [6.45, 7) is 0.577. The Morgan fingerprint density at radius 3 is 2.91 bits per heavy atom. The van der Waals surface area contributed by atoms with Crippen LogP contribution in [0.5, 0.6) is 5.75 Å². The molecule has 0 spiro atoms. The van der Waals surface area contributed by atoms with Gasteiger partial charge in [-0.3, -0.25) is 9.67 Å². The number of phenolic OH excluding ortho intramolecular Hbond substituents is 1. The van der Waals surface area contributed by atoms with Crippen molar-refractivity contribution in [2.75, 3.05) is 0 Å². The summed E-state index contributed by atoms with van der Waals surface area (Å²) in [5.41, 5.74) is 3.98. The van der Waals surface area contributed by atoms with Crippen LogP contribution in [-0.2, 0) is 6.54 Å². The van der Waals surface area contributed by atoms with E-state index in [9.17, 15) is 5.11 Å². The van der Waals surface area contributed by atoms with Crippen LogP contribution >= 0.6 is 0 Å². The highest BCUT2D eigenvalue weighted by molar-refractivity contribution is 5.72. The molecule has 23 heavy (non-hydrogen) atoms. The zero-order valence-corrected chi connectivity index (χ0v) is 12.2. The van der Waals surface area contributed by atoms with Crippen molar-refractivity contribution in [1.82, 2.24) is 24.7 Å². The predicted molar refractivity (Wildman–Crippen MR) is 85.8 cm³/mol. The van der Waals surface area contributed by atoms with Gasteiger partial charge in [0, 0.05) is 18.0 Å². The highest BCUT2D eigenvalue weighted by atomic mass is 16.3.